The number of aromatic nitrogens is 2. The van der Waals surface area contributed by atoms with E-state index in [1.54, 1.807) is 6.92 Å². The highest BCUT2D eigenvalue weighted by Crippen LogP contribution is 2.16. The van der Waals surface area contributed by atoms with Gasteiger partial charge in [0.1, 0.15) is 18.0 Å². The van der Waals surface area contributed by atoms with Gasteiger partial charge in [-0.3, -0.25) is 0 Å². The van der Waals surface area contributed by atoms with E-state index in [0.29, 0.717) is 18.2 Å². The van der Waals surface area contributed by atoms with Gasteiger partial charge in [-0.25, -0.2) is 15.8 Å². The number of hydrogen-bond acceptors (Lipinski definition) is 6. The van der Waals surface area contributed by atoms with Crippen LogP contribution in [0, 0.1) is 6.92 Å². The first-order valence-electron chi connectivity index (χ1n) is 4.35. The van der Waals surface area contributed by atoms with Crippen LogP contribution in [-0.2, 0) is 0 Å². The molecule has 1 heterocycles. The molecule has 0 spiro atoms. The van der Waals surface area contributed by atoms with Crippen molar-refractivity contribution in [3.8, 4) is 0 Å². The topological polar surface area (TPSA) is 96.1 Å². The van der Waals surface area contributed by atoms with Crippen LogP contribution in [0.1, 0.15) is 12.5 Å². The first kappa shape index (κ1) is 10.7. The van der Waals surface area contributed by atoms with E-state index in [-0.39, 0.29) is 0 Å². The van der Waals surface area contributed by atoms with E-state index >= 15 is 0 Å². The van der Waals surface area contributed by atoms with Crippen molar-refractivity contribution in [1.82, 2.24) is 9.97 Å². The van der Waals surface area contributed by atoms with Gasteiger partial charge in [-0.05, 0) is 13.8 Å². The molecule has 6 heteroatoms. The molecule has 1 aromatic heterocycles. The molecule has 0 fully saturated rings. The quantitative estimate of drug-likeness (QED) is 0.396. The summed E-state index contributed by atoms with van der Waals surface area (Å²) in [5.74, 6) is 6.51. The molecule has 0 aromatic carbocycles. The van der Waals surface area contributed by atoms with Gasteiger partial charge in [0, 0.05) is 12.1 Å². The zero-order valence-corrected chi connectivity index (χ0v) is 8.28. The molecule has 6 nitrogen and oxygen atoms in total. The fourth-order valence-corrected chi connectivity index (χ4v) is 1.02. The lowest BCUT2D eigenvalue weighted by Gasteiger charge is -2.11. The second kappa shape index (κ2) is 4.73. The first-order valence-corrected chi connectivity index (χ1v) is 4.35. The van der Waals surface area contributed by atoms with Gasteiger partial charge in [0.25, 0.3) is 0 Å². The van der Waals surface area contributed by atoms with E-state index in [4.69, 9.17) is 10.9 Å². The van der Waals surface area contributed by atoms with Gasteiger partial charge in [-0.1, -0.05) is 0 Å². The standard InChI is InChI=1S/C8H15N5O/c1-5(14)3-10-7-6(2)8(13-9)12-4-11-7/h4-5,14H,3,9H2,1-2H3,(H2,10,11,12,13). The molecular formula is C8H15N5O. The van der Waals surface area contributed by atoms with Crippen LogP contribution in [-0.4, -0.2) is 27.7 Å². The Labute approximate surface area is 82.5 Å². The predicted octanol–water partition coefficient (Wildman–Crippen LogP) is -0.137. The fraction of sp³-hybridized carbons (Fsp3) is 0.500. The van der Waals surface area contributed by atoms with Crippen LogP contribution in [0.3, 0.4) is 0 Å². The average molecular weight is 197 g/mol. The molecule has 1 rings (SSSR count). The Bertz CT molecular complexity index is 302. The lowest BCUT2D eigenvalue weighted by molar-refractivity contribution is 0.208. The summed E-state index contributed by atoms with van der Waals surface area (Å²) in [5.41, 5.74) is 3.30. The van der Waals surface area contributed by atoms with Crippen LogP contribution in [0.5, 0.6) is 0 Å². The highest BCUT2D eigenvalue weighted by Gasteiger charge is 2.05. The minimum Gasteiger partial charge on any atom is -0.392 e. The third-order valence-electron chi connectivity index (χ3n) is 1.79. The Hall–Kier alpha value is -1.40. The SMILES string of the molecule is Cc1c(NN)ncnc1NCC(C)O. The molecule has 5 N–H and O–H groups in total. The molecule has 1 unspecified atom stereocenters. The van der Waals surface area contributed by atoms with E-state index in [0.717, 1.165) is 5.56 Å². The zero-order valence-electron chi connectivity index (χ0n) is 8.28. The smallest absolute Gasteiger partial charge is 0.148 e. The molecule has 0 bridgehead atoms. The van der Waals surface area contributed by atoms with Crippen molar-refractivity contribution in [2.24, 2.45) is 5.84 Å². The molecule has 1 atom stereocenters. The van der Waals surface area contributed by atoms with Gasteiger partial charge in [-0.2, -0.15) is 0 Å². The largest absolute Gasteiger partial charge is 0.392 e. The molecule has 0 saturated heterocycles. The van der Waals surface area contributed by atoms with Crippen LogP contribution < -0.4 is 16.6 Å². The molecule has 14 heavy (non-hydrogen) atoms. The number of hydrazine groups is 1. The fourth-order valence-electron chi connectivity index (χ4n) is 1.02. The van der Waals surface area contributed by atoms with E-state index in [2.05, 4.69) is 20.7 Å². The summed E-state index contributed by atoms with van der Waals surface area (Å²) in [6.45, 7) is 3.99. The summed E-state index contributed by atoms with van der Waals surface area (Å²) < 4.78 is 0. The molecule has 0 aliphatic carbocycles. The molecule has 0 radical (unpaired) electrons. The maximum absolute atomic E-state index is 9.08. The van der Waals surface area contributed by atoms with Gasteiger partial charge in [0.15, 0.2) is 0 Å². The Kier molecular flexibility index (Phi) is 3.61. The lowest BCUT2D eigenvalue weighted by atomic mass is 10.3. The lowest BCUT2D eigenvalue weighted by Crippen LogP contribution is -2.18. The second-order valence-corrected chi connectivity index (χ2v) is 3.07. The van der Waals surface area contributed by atoms with Crippen molar-refractivity contribution in [2.75, 3.05) is 17.3 Å². The number of nitrogen functional groups attached to an aromatic ring is 1. The van der Waals surface area contributed by atoms with Crippen molar-refractivity contribution < 1.29 is 5.11 Å². The molecule has 0 saturated carbocycles. The maximum atomic E-state index is 9.08. The van der Waals surface area contributed by atoms with Crippen molar-refractivity contribution in [3.63, 3.8) is 0 Å². The number of nitrogens with zero attached hydrogens (tertiary/aromatic N) is 2. The average Bonchev–Trinajstić information content (AvgIpc) is 2.16. The number of aliphatic hydroxyl groups excluding tert-OH is 1. The van der Waals surface area contributed by atoms with Gasteiger partial charge in [0.05, 0.1) is 6.10 Å². The van der Waals surface area contributed by atoms with E-state index in [1.807, 2.05) is 6.92 Å². The number of anilines is 2. The first-order chi connectivity index (χ1) is 6.65. The Morgan fingerprint density at radius 2 is 2.14 bits per heavy atom. The van der Waals surface area contributed by atoms with E-state index < -0.39 is 6.10 Å². The normalized spacial score (nSPS) is 12.3. The molecular weight excluding hydrogens is 182 g/mol. The van der Waals surface area contributed by atoms with Crippen molar-refractivity contribution in [1.29, 1.82) is 0 Å². The number of hydrogen-bond donors (Lipinski definition) is 4. The summed E-state index contributed by atoms with van der Waals surface area (Å²) in [7, 11) is 0. The summed E-state index contributed by atoms with van der Waals surface area (Å²) >= 11 is 0. The molecule has 0 aliphatic rings. The third-order valence-corrected chi connectivity index (χ3v) is 1.79. The highest BCUT2D eigenvalue weighted by atomic mass is 16.3. The van der Waals surface area contributed by atoms with Crippen molar-refractivity contribution >= 4 is 11.6 Å². The summed E-state index contributed by atoms with van der Waals surface area (Å²) in [4.78, 5) is 7.96. The van der Waals surface area contributed by atoms with E-state index in [1.165, 1.54) is 6.33 Å². The summed E-state index contributed by atoms with van der Waals surface area (Å²) in [5, 5.41) is 12.1. The molecule has 0 amide bonds. The minimum absolute atomic E-state index is 0.418. The maximum Gasteiger partial charge on any atom is 0.148 e. The molecule has 78 valence electrons. The van der Waals surface area contributed by atoms with Crippen LogP contribution in [0.4, 0.5) is 11.6 Å². The van der Waals surface area contributed by atoms with Crippen LogP contribution >= 0.6 is 0 Å². The van der Waals surface area contributed by atoms with Gasteiger partial charge in [0.2, 0.25) is 0 Å². The third kappa shape index (κ3) is 2.54. The summed E-state index contributed by atoms with van der Waals surface area (Å²) in [6, 6.07) is 0. The van der Waals surface area contributed by atoms with Crippen molar-refractivity contribution in [3.05, 3.63) is 11.9 Å². The van der Waals surface area contributed by atoms with Gasteiger partial charge in [-0.15, -0.1) is 0 Å². The Balaban J connectivity index is 2.76. The van der Waals surface area contributed by atoms with Crippen LogP contribution in [0.2, 0.25) is 0 Å². The number of nitrogens with two attached hydrogens (primary N) is 1. The monoisotopic (exact) mass is 197 g/mol. The molecule has 1 aromatic rings. The van der Waals surface area contributed by atoms with E-state index in [9.17, 15) is 0 Å². The zero-order chi connectivity index (χ0) is 10.6. The predicted molar refractivity (Wildman–Crippen MR) is 54.7 cm³/mol. The van der Waals surface area contributed by atoms with Crippen molar-refractivity contribution in [2.45, 2.75) is 20.0 Å². The second-order valence-electron chi connectivity index (χ2n) is 3.07. The number of nitrogens with one attached hydrogen (secondary N) is 2. The number of aliphatic hydroxyl groups is 1. The minimum atomic E-state index is -0.418. The van der Waals surface area contributed by atoms with Crippen LogP contribution in [0.25, 0.3) is 0 Å². The number of rotatable bonds is 4. The van der Waals surface area contributed by atoms with Crippen LogP contribution in [0.15, 0.2) is 6.33 Å². The van der Waals surface area contributed by atoms with Gasteiger partial charge < -0.3 is 15.8 Å². The Morgan fingerprint density at radius 3 is 2.71 bits per heavy atom. The summed E-state index contributed by atoms with van der Waals surface area (Å²) in [6.07, 6.45) is 0.991. The molecule has 0 aliphatic heterocycles. The highest BCUT2D eigenvalue weighted by molar-refractivity contribution is 5.55. The Morgan fingerprint density at radius 1 is 1.50 bits per heavy atom. The van der Waals surface area contributed by atoms with Gasteiger partial charge >= 0.3 is 0 Å².